The van der Waals surface area contributed by atoms with Crippen LogP contribution in [0.3, 0.4) is 0 Å². The molecule has 1 unspecified atom stereocenters. The molecule has 2 aromatic rings. The fourth-order valence-electron chi connectivity index (χ4n) is 1.86. The molecule has 2 rings (SSSR count). The molecule has 0 spiro atoms. The van der Waals surface area contributed by atoms with Crippen molar-refractivity contribution in [3.63, 3.8) is 0 Å². The predicted molar refractivity (Wildman–Crippen MR) is 86.1 cm³/mol. The van der Waals surface area contributed by atoms with Gasteiger partial charge in [-0.25, -0.2) is 13.1 Å². The highest BCUT2D eigenvalue weighted by Gasteiger charge is 2.19. The Bertz CT molecular complexity index is 746. The molecule has 0 amide bonds. The minimum Gasteiger partial charge on any atom is -0.399 e. The first-order chi connectivity index (χ1) is 9.79. The third kappa shape index (κ3) is 3.89. The SMILES string of the molecule is CC(NS(=O)(=O)c1ccc(N)cc1)c1ccc(Cl)cc1Cl. The van der Waals surface area contributed by atoms with Crippen LogP contribution in [-0.4, -0.2) is 8.42 Å². The second-order valence-electron chi connectivity index (χ2n) is 4.58. The summed E-state index contributed by atoms with van der Waals surface area (Å²) in [5.74, 6) is 0. The number of sulfonamides is 1. The smallest absolute Gasteiger partial charge is 0.241 e. The minimum absolute atomic E-state index is 0.147. The van der Waals surface area contributed by atoms with Crippen LogP contribution in [0.1, 0.15) is 18.5 Å². The molecule has 0 saturated heterocycles. The normalized spacial score (nSPS) is 13.1. The Kier molecular flexibility index (Phi) is 4.78. The van der Waals surface area contributed by atoms with E-state index >= 15 is 0 Å². The van der Waals surface area contributed by atoms with Crippen LogP contribution in [0.25, 0.3) is 0 Å². The molecule has 0 heterocycles. The highest BCUT2D eigenvalue weighted by atomic mass is 35.5. The molecule has 0 aromatic heterocycles. The predicted octanol–water partition coefficient (Wildman–Crippen LogP) is 3.62. The minimum atomic E-state index is -3.65. The molecule has 0 aliphatic heterocycles. The van der Waals surface area contributed by atoms with Crippen molar-refractivity contribution in [3.05, 3.63) is 58.1 Å². The number of anilines is 1. The van der Waals surface area contributed by atoms with E-state index in [2.05, 4.69) is 4.72 Å². The summed E-state index contributed by atoms with van der Waals surface area (Å²) in [6.07, 6.45) is 0. The molecule has 3 N–H and O–H groups in total. The average Bonchev–Trinajstić information content (AvgIpc) is 2.38. The molecule has 1 atom stereocenters. The van der Waals surface area contributed by atoms with Gasteiger partial charge in [-0.3, -0.25) is 0 Å². The molecule has 0 bridgehead atoms. The lowest BCUT2D eigenvalue weighted by Crippen LogP contribution is -2.27. The fourth-order valence-corrected chi connectivity index (χ4v) is 3.66. The summed E-state index contributed by atoms with van der Waals surface area (Å²) >= 11 is 11.9. The summed E-state index contributed by atoms with van der Waals surface area (Å²) in [7, 11) is -3.65. The topological polar surface area (TPSA) is 72.2 Å². The number of nitrogens with two attached hydrogens (primary N) is 1. The van der Waals surface area contributed by atoms with Gasteiger partial charge < -0.3 is 5.73 Å². The molecular formula is C14H14Cl2N2O2S. The quantitative estimate of drug-likeness (QED) is 0.832. The number of benzene rings is 2. The van der Waals surface area contributed by atoms with Crippen molar-refractivity contribution in [2.75, 3.05) is 5.73 Å². The summed E-state index contributed by atoms with van der Waals surface area (Å²) in [6.45, 7) is 1.71. The van der Waals surface area contributed by atoms with Gasteiger partial charge in [-0.1, -0.05) is 29.3 Å². The largest absolute Gasteiger partial charge is 0.399 e. The molecule has 0 aliphatic rings. The molecule has 112 valence electrons. The van der Waals surface area contributed by atoms with E-state index in [4.69, 9.17) is 28.9 Å². The first-order valence-electron chi connectivity index (χ1n) is 6.12. The van der Waals surface area contributed by atoms with E-state index in [1.807, 2.05) is 0 Å². The average molecular weight is 345 g/mol. The number of nitrogens with one attached hydrogen (secondary N) is 1. The highest BCUT2D eigenvalue weighted by molar-refractivity contribution is 7.89. The third-order valence-corrected chi connectivity index (χ3v) is 5.07. The van der Waals surface area contributed by atoms with E-state index in [0.717, 1.165) is 0 Å². The summed E-state index contributed by atoms with van der Waals surface area (Å²) in [6, 6.07) is 10.4. The zero-order valence-electron chi connectivity index (χ0n) is 11.2. The molecule has 0 radical (unpaired) electrons. The Balaban J connectivity index is 2.25. The Hall–Kier alpha value is -1.27. The molecule has 0 aliphatic carbocycles. The fraction of sp³-hybridized carbons (Fsp3) is 0.143. The second-order valence-corrected chi connectivity index (χ2v) is 7.14. The molecule has 0 saturated carbocycles. The lowest BCUT2D eigenvalue weighted by molar-refractivity contribution is 0.567. The maximum absolute atomic E-state index is 12.3. The van der Waals surface area contributed by atoms with Crippen molar-refractivity contribution in [1.82, 2.24) is 4.72 Å². The van der Waals surface area contributed by atoms with E-state index in [1.165, 1.54) is 24.3 Å². The molecule has 0 fully saturated rings. The van der Waals surface area contributed by atoms with Gasteiger partial charge in [-0.15, -0.1) is 0 Å². The van der Waals surface area contributed by atoms with Crippen molar-refractivity contribution >= 4 is 38.9 Å². The number of halogens is 2. The first kappa shape index (κ1) is 16.1. The molecular weight excluding hydrogens is 331 g/mol. The summed E-state index contributed by atoms with van der Waals surface area (Å²) in [5, 5.41) is 0.910. The van der Waals surface area contributed by atoms with E-state index in [9.17, 15) is 8.42 Å². The van der Waals surface area contributed by atoms with Gasteiger partial charge in [0.2, 0.25) is 10.0 Å². The Morgan fingerprint density at radius 3 is 2.29 bits per heavy atom. The Labute approximate surface area is 133 Å². The van der Waals surface area contributed by atoms with Gasteiger partial charge in [0.05, 0.1) is 4.90 Å². The second kappa shape index (κ2) is 6.23. The van der Waals surface area contributed by atoms with Gasteiger partial charge >= 0.3 is 0 Å². The van der Waals surface area contributed by atoms with E-state index < -0.39 is 16.1 Å². The zero-order chi connectivity index (χ0) is 15.6. The van der Waals surface area contributed by atoms with Crippen molar-refractivity contribution in [3.8, 4) is 0 Å². The van der Waals surface area contributed by atoms with Crippen LogP contribution in [0.15, 0.2) is 47.4 Å². The zero-order valence-corrected chi connectivity index (χ0v) is 13.5. The summed E-state index contributed by atoms with van der Waals surface area (Å²) in [5.41, 5.74) is 6.71. The maximum atomic E-state index is 12.3. The third-order valence-electron chi connectivity index (χ3n) is 2.95. The van der Waals surface area contributed by atoms with Crippen molar-refractivity contribution < 1.29 is 8.42 Å². The van der Waals surface area contributed by atoms with Gasteiger partial charge in [0.15, 0.2) is 0 Å². The van der Waals surface area contributed by atoms with E-state index in [0.29, 0.717) is 21.3 Å². The van der Waals surface area contributed by atoms with Crippen LogP contribution in [0, 0.1) is 0 Å². The van der Waals surface area contributed by atoms with Crippen LogP contribution >= 0.6 is 23.2 Å². The van der Waals surface area contributed by atoms with Gasteiger partial charge in [-0.05, 0) is 48.9 Å². The van der Waals surface area contributed by atoms with Crippen LogP contribution < -0.4 is 10.5 Å². The molecule has 7 heteroatoms. The van der Waals surface area contributed by atoms with E-state index in [-0.39, 0.29) is 4.90 Å². The van der Waals surface area contributed by atoms with Crippen LogP contribution in [-0.2, 0) is 10.0 Å². The Morgan fingerprint density at radius 2 is 1.71 bits per heavy atom. The van der Waals surface area contributed by atoms with E-state index in [1.54, 1.807) is 25.1 Å². The molecule has 2 aromatic carbocycles. The maximum Gasteiger partial charge on any atom is 0.241 e. The standard InChI is InChI=1S/C14H14Cl2N2O2S/c1-9(13-7-2-10(15)8-14(13)16)18-21(19,20)12-5-3-11(17)4-6-12/h2-9,18H,17H2,1H3. The first-order valence-corrected chi connectivity index (χ1v) is 8.36. The monoisotopic (exact) mass is 344 g/mol. The van der Waals surface area contributed by atoms with Gasteiger partial charge in [0.1, 0.15) is 0 Å². The van der Waals surface area contributed by atoms with Gasteiger partial charge in [0.25, 0.3) is 0 Å². The molecule has 4 nitrogen and oxygen atoms in total. The van der Waals surface area contributed by atoms with Crippen LogP contribution in [0.5, 0.6) is 0 Å². The summed E-state index contributed by atoms with van der Waals surface area (Å²) < 4.78 is 27.1. The van der Waals surface area contributed by atoms with Gasteiger partial charge in [0, 0.05) is 21.8 Å². The lowest BCUT2D eigenvalue weighted by Gasteiger charge is -2.16. The van der Waals surface area contributed by atoms with Crippen molar-refractivity contribution in [2.45, 2.75) is 17.9 Å². The molecule has 21 heavy (non-hydrogen) atoms. The highest BCUT2D eigenvalue weighted by Crippen LogP contribution is 2.27. The van der Waals surface area contributed by atoms with Crippen molar-refractivity contribution in [2.24, 2.45) is 0 Å². The van der Waals surface area contributed by atoms with Crippen molar-refractivity contribution in [1.29, 1.82) is 0 Å². The van der Waals surface area contributed by atoms with Crippen LogP contribution in [0.2, 0.25) is 10.0 Å². The number of nitrogen functional groups attached to an aromatic ring is 1. The van der Waals surface area contributed by atoms with Gasteiger partial charge in [-0.2, -0.15) is 0 Å². The Morgan fingerprint density at radius 1 is 1.10 bits per heavy atom. The number of hydrogen-bond donors (Lipinski definition) is 2. The van der Waals surface area contributed by atoms with Crippen LogP contribution in [0.4, 0.5) is 5.69 Å². The number of rotatable bonds is 4. The summed E-state index contributed by atoms with van der Waals surface area (Å²) in [4.78, 5) is 0.147. The number of hydrogen-bond acceptors (Lipinski definition) is 3. The lowest BCUT2D eigenvalue weighted by atomic mass is 10.1.